The lowest BCUT2D eigenvalue weighted by Crippen LogP contribution is -2.50. The van der Waals surface area contributed by atoms with Crippen LogP contribution in [0.4, 0.5) is 0 Å². The van der Waals surface area contributed by atoms with Crippen LogP contribution in [0.15, 0.2) is 30.3 Å². The van der Waals surface area contributed by atoms with E-state index in [1.165, 1.54) is 5.56 Å². The molecule has 1 aromatic rings. The normalized spacial score (nSPS) is 23.4. The molecule has 2 aliphatic rings. The molecule has 0 radical (unpaired) electrons. The van der Waals surface area contributed by atoms with Gasteiger partial charge in [0.25, 0.3) is 0 Å². The van der Waals surface area contributed by atoms with E-state index in [-0.39, 0.29) is 11.5 Å². The molecule has 2 saturated heterocycles. The average Bonchev–Trinajstić information content (AvgIpc) is 2.60. The minimum atomic E-state index is 0.00823. The van der Waals surface area contributed by atoms with Gasteiger partial charge in [-0.3, -0.25) is 4.79 Å². The van der Waals surface area contributed by atoms with Crippen molar-refractivity contribution in [2.45, 2.75) is 51.2 Å². The molecule has 0 aliphatic carbocycles. The summed E-state index contributed by atoms with van der Waals surface area (Å²) in [5.41, 5.74) is 1.24. The highest BCUT2D eigenvalue weighted by Crippen LogP contribution is 2.38. The summed E-state index contributed by atoms with van der Waals surface area (Å²) in [6.07, 6.45) is 5.32. The zero-order valence-electron chi connectivity index (χ0n) is 14.7. The monoisotopic (exact) mass is 331 g/mol. The number of hydrogen-bond acceptors (Lipinski definition) is 3. The van der Waals surface area contributed by atoms with Crippen molar-refractivity contribution in [3.05, 3.63) is 35.9 Å². The zero-order valence-corrected chi connectivity index (χ0v) is 14.7. The number of amides is 1. The number of hydrogen-bond donors (Lipinski definition) is 0. The van der Waals surface area contributed by atoms with Crippen LogP contribution in [0.25, 0.3) is 0 Å². The van der Waals surface area contributed by atoms with Gasteiger partial charge in [-0.25, -0.2) is 0 Å². The van der Waals surface area contributed by atoms with Crippen LogP contribution in [0.2, 0.25) is 0 Å². The summed E-state index contributed by atoms with van der Waals surface area (Å²) in [5, 5.41) is 0. The third-order valence-electron chi connectivity index (χ3n) is 5.50. The third-order valence-corrected chi connectivity index (χ3v) is 5.50. The van der Waals surface area contributed by atoms with Crippen molar-refractivity contribution in [2.24, 2.45) is 5.92 Å². The second-order valence-electron chi connectivity index (χ2n) is 7.22. The van der Waals surface area contributed by atoms with Crippen molar-refractivity contribution in [1.29, 1.82) is 0 Å². The number of ether oxygens (including phenoxy) is 2. The summed E-state index contributed by atoms with van der Waals surface area (Å²) < 4.78 is 12.0. The summed E-state index contributed by atoms with van der Waals surface area (Å²) in [6, 6.07) is 10.3. The minimum Gasteiger partial charge on any atom is -0.377 e. The van der Waals surface area contributed by atoms with E-state index in [2.05, 4.69) is 12.1 Å². The van der Waals surface area contributed by atoms with E-state index in [9.17, 15) is 4.79 Å². The summed E-state index contributed by atoms with van der Waals surface area (Å²) in [6.45, 7) is 5.70. The largest absolute Gasteiger partial charge is 0.377 e. The highest BCUT2D eigenvalue weighted by molar-refractivity contribution is 5.73. The second-order valence-corrected chi connectivity index (χ2v) is 7.22. The number of benzene rings is 1. The molecule has 2 aliphatic heterocycles. The average molecular weight is 331 g/mol. The van der Waals surface area contributed by atoms with E-state index < -0.39 is 0 Å². The lowest BCUT2D eigenvalue weighted by atomic mass is 9.78. The Labute approximate surface area is 145 Å². The van der Waals surface area contributed by atoms with E-state index in [0.717, 1.165) is 58.4 Å². The maximum absolute atomic E-state index is 11.5. The number of piperidine rings is 1. The molecule has 0 N–H and O–H groups in total. The maximum Gasteiger partial charge on any atom is 0.219 e. The summed E-state index contributed by atoms with van der Waals surface area (Å²) in [5.74, 6) is 0.866. The number of likely N-dealkylation sites (tertiary alicyclic amines) is 1. The van der Waals surface area contributed by atoms with E-state index in [0.29, 0.717) is 12.5 Å². The number of carbonyl (C=O) groups excluding carboxylic acids is 1. The van der Waals surface area contributed by atoms with Gasteiger partial charge in [-0.1, -0.05) is 30.3 Å². The fourth-order valence-electron chi connectivity index (χ4n) is 3.97. The van der Waals surface area contributed by atoms with Crippen molar-refractivity contribution in [3.63, 3.8) is 0 Å². The first kappa shape index (κ1) is 17.4. The molecular formula is C20H29NO3. The molecule has 1 unspecified atom stereocenters. The van der Waals surface area contributed by atoms with E-state index in [1.807, 2.05) is 23.1 Å². The number of rotatable bonds is 5. The number of nitrogens with zero attached hydrogens (tertiary/aromatic N) is 1. The van der Waals surface area contributed by atoms with Crippen LogP contribution in [-0.2, 0) is 20.9 Å². The van der Waals surface area contributed by atoms with Gasteiger partial charge >= 0.3 is 0 Å². The Bertz CT molecular complexity index is 523. The van der Waals surface area contributed by atoms with E-state index in [1.54, 1.807) is 6.92 Å². The van der Waals surface area contributed by atoms with Gasteiger partial charge in [0.05, 0.1) is 12.2 Å². The van der Waals surface area contributed by atoms with Gasteiger partial charge in [0.1, 0.15) is 0 Å². The first-order valence-corrected chi connectivity index (χ1v) is 9.18. The van der Waals surface area contributed by atoms with Crippen LogP contribution in [0.3, 0.4) is 0 Å². The minimum absolute atomic E-state index is 0.00823. The van der Waals surface area contributed by atoms with E-state index >= 15 is 0 Å². The Kier molecular flexibility index (Phi) is 5.90. The molecular weight excluding hydrogens is 302 g/mol. The lowest BCUT2D eigenvalue weighted by Gasteiger charge is -2.46. The van der Waals surface area contributed by atoms with Crippen LogP contribution < -0.4 is 0 Å². The molecule has 132 valence electrons. The molecule has 24 heavy (non-hydrogen) atoms. The Morgan fingerprint density at radius 1 is 1.29 bits per heavy atom. The van der Waals surface area contributed by atoms with Crippen molar-refractivity contribution in [3.8, 4) is 0 Å². The molecule has 4 nitrogen and oxygen atoms in total. The van der Waals surface area contributed by atoms with Gasteiger partial charge in [0.2, 0.25) is 5.91 Å². The van der Waals surface area contributed by atoms with Crippen LogP contribution in [0.5, 0.6) is 0 Å². The molecule has 0 bridgehead atoms. The molecule has 2 fully saturated rings. The lowest BCUT2D eigenvalue weighted by molar-refractivity contribution is -0.146. The van der Waals surface area contributed by atoms with Gasteiger partial charge in [-0.05, 0) is 43.6 Å². The molecule has 1 atom stereocenters. The SMILES string of the molecule is CC(=O)N1CCC2(CC1)CC(CCOCc1ccccc1)CCO2. The Morgan fingerprint density at radius 3 is 2.75 bits per heavy atom. The molecule has 3 rings (SSSR count). The van der Waals surface area contributed by atoms with Gasteiger partial charge in [0.15, 0.2) is 0 Å². The third kappa shape index (κ3) is 4.58. The quantitative estimate of drug-likeness (QED) is 0.776. The predicted molar refractivity (Wildman–Crippen MR) is 93.6 cm³/mol. The molecule has 0 saturated carbocycles. The van der Waals surface area contributed by atoms with Gasteiger partial charge < -0.3 is 14.4 Å². The molecule has 2 heterocycles. The molecule has 1 spiro atoms. The van der Waals surface area contributed by atoms with Gasteiger partial charge in [0, 0.05) is 33.2 Å². The van der Waals surface area contributed by atoms with Crippen molar-refractivity contribution in [1.82, 2.24) is 4.90 Å². The first-order chi connectivity index (χ1) is 11.7. The topological polar surface area (TPSA) is 38.8 Å². The fourth-order valence-corrected chi connectivity index (χ4v) is 3.97. The smallest absolute Gasteiger partial charge is 0.219 e. The fraction of sp³-hybridized carbons (Fsp3) is 0.650. The highest BCUT2D eigenvalue weighted by atomic mass is 16.5. The van der Waals surface area contributed by atoms with Crippen LogP contribution in [-0.4, -0.2) is 42.7 Å². The first-order valence-electron chi connectivity index (χ1n) is 9.18. The molecule has 1 amide bonds. The van der Waals surface area contributed by atoms with Crippen LogP contribution in [0.1, 0.15) is 44.6 Å². The highest BCUT2D eigenvalue weighted by Gasteiger charge is 2.40. The van der Waals surface area contributed by atoms with Crippen molar-refractivity contribution < 1.29 is 14.3 Å². The Balaban J connectivity index is 1.40. The molecule has 1 aromatic carbocycles. The predicted octanol–water partition coefficient (Wildman–Crippen LogP) is 3.40. The Hall–Kier alpha value is -1.39. The maximum atomic E-state index is 11.5. The standard InChI is InChI=1S/C20H29NO3/c1-17(22)21-11-9-20(10-12-21)15-18(8-14-24-20)7-13-23-16-19-5-3-2-4-6-19/h2-6,18H,7-16H2,1H3. The number of carbonyl (C=O) groups is 1. The van der Waals surface area contributed by atoms with Crippen molar-refractivity contribution >= 4 is 5.91 Å². The summed E-state index contributed by atoms with van der Waals surface area (Å²) in [4.78, 5) is 13.4. The Morgan fingerprint density at radius 2 is 2.04 bits per heavy atom. The van der Waals surface area contributed by atoms with Gasteiger partial charge in [-0.2, -0.15) is 0 Å². The van der Waals surface area contributed by atoms with Crippen LogP contribution in [0, 0.1) is 5.92 Å². The van der Waals surface area contributed by atoms with Gasteiger partial charge in [-0.15, -0.1) is 0 Å². The van der Waals surface area contributed by atoms with E-state index in [4.69, 9.17) is 9.47 Å². The zero-order chi connectivity index (χ0) is 16.8. The second kappa shape index (κ2) is 8.13. The van der Waals surface area contributed by atoms with Crippen LogP contribution >= 0.6 is 0 Å². The summed E-state index contributed by atoms with van der Waals surface area (Å²) >= 11 is 0. The molecule has 4 heteroatoms. The van der Waals surface area contributed by atoms with Crippen molar-refractivity contribution in [2.75, 3.05) is 26.3 Å². The summed E-state index contributed by atoms with van der Waals surface area (Å²) in [7, 11) is 0. The molecule has 0 aromatic heterocycles.